The molecule has 2 N–H and O–H groups in total. The van der Waals surface area contributed by atoms with Crippen LogP contribution in [0.4, 0.5) is 18.9 Å². The molecule has 36 heavy (non-hydrogen) atoms. The topological polar surface area (TPSA) is 66.4 Å². The minimum Gasteiger partial charge on any atom is -0.481 e. The molecule has 4 rings (SSSR count). The Labute approximate surface area is 216 Å². The van der Waals surface area contributed by atoms with Crippen LogP contribution >= 0.6 is 23.2 Å². The second kappa shape index (κ2) is 10.3. The summed E-state index contributed by atoms with van der Waals surface area (Å²) in [5, 5.41) is 13.9. The zero-order valence-electron chi connectivity index (χ0n) is 19.3. The number of benzene rings is 3. The van der Waals surface area contributed by atoms with Crippen LogP contribution < -0.4 is 5.32 Å². The van der Waals surface area contributed by atoms with Crippen LogP contribution in [0.2, 0.25) is 10.0 Å². The van der Waals surface area contributed by atoms with E-state index in [-0.39, 0.29) is 34.5 Å². The van der Waals surface area contributed by atoms with Gasteiger partial charge in [-0.1, -0.05) is 60.5 Å². The molecule has 190 valence electrons. The van der Waals surface area contributed by atoms with Crippen LogP contribution in [0.3, 0.4) is 0 Å². The average molecular weight is 538 g/mol. The average Bonchev–Trinajstić information content (AvgIpc) is 3.64. The Hall–Kier alpha value is -2.77. The maximum atomic E-state index is 13.8. The van der Waals surface area contributed by atoms with Gasteiger partial charge in [-0.3, -0.25) is 9.59 Å². The number of nitrogens with one attached hydrogen (secondary N) is 1. The van der Waals surface area contributed by atoms with Gasteiger partial charge in [0, 0.05) is 5.02 Å². The number of anilines is 1. The second-order valence-corrected chi connectivity index (χ2v) is 10.2. The third kappa shape index (κ3) is 5.95. The fourth-order valence-corrected chi connectivity index (χ4v) is 4.95. The minimum atomic E-state index is -4.62. The standard InChI is InChI=1S/C27H24Cl2F3NO3/c1-14(27(30,31)32)25(19-5-4-17-11-20(28)8-6-16(17)10-19)26(36)33-23-12-18(7-9-22(23)29)21(13-24(34)35)15-2-3-15/h4-12,14-15,21,25H,2-3,13H2,1H3,(H,33,36)(H,34,35). The Morgan fingerprint density at radius 1 is 1.00 bits per heavy atom. The summed E-state index contributed by atoms with van der Waals surface area (Å²) in [6.45, 7) is 0.977. The number of rotatable bonds is 8. The van der Waals surface area contributed by atoms with Crippen molar-refractivity contribution in [1.82, 2.24) is 0 Å². The number of alkyl halides is 3. The first-order chi connectivity index (χ1) is 16.9. The van der Waals surface area contributed by atoms with Crippen LogP contribution in [0.1, 0.15) is 49.1 Å². The number of amides is 1. The van der Waals surface area contributed by atoms with Crippen molar-refractivity contribution < 1.29 is 27.9 Å². The summed E-state index contributed by atoms with van der Waals surface area (Å²) in [7, 11) is 0. The van der Waals surface area contributed by atoms with E-state index in [0.717, 1.165) is 25.2 Å². The summed E-state index contributed by atoms with van der Waals surface area (Å²) >= 11 is 12.3. The Morgan fingerprint density at radius 3 is 2.28 bits per heavy atom. The number of hydrogen-bond acceptors (Lipinski definition) is 2. The fourth-order valence-electron chi connectivity index (χ4n) is 4.61. The van der Waals surface area contributed by atoms with Crippen molar-refractivity contribution in [2.45, 2.75) is 44.2 Å². The molecule has 3 atom stereocenters. The molecular formula is C27H24Cl2F3NO3. The van der Waals surface area contributed by atoms with Gasteiger partial charge in [-0.05, 0) is 70.8 Å². The molecule has 0 aliphatic heterocycles. The van der Waals surface area contributed by atoms with Crippen molar-refractivity contribution in [3.05, 3.63) is 75.8 Å². The molecule has 1 amide bonds. The van der Waals surface area contributed by atoms with Gasteiger partial charge in [-0.2, -0.15) is 13.2 Å². The number of carboxylic acid groups (broad SMARTS) is 1. The van der Waals surface area contributed by atoms with Crippen LogP contribution in [0, 0.1) is 11.8 Å². The Morgan fingerprint density at radius 2 is 1.64 bits per heavy atom. The Balaban J connectivity index is 1.68. The predicted molar refractivity (Wildman–Crippen MR) is 135 cm³/mol. The minimum absolute atomic E-state index is 0.0749. The number of carbonyl (C=O) groups is 2. The summed E-state index contributed by atoms with van der Waals surface area (Å²) in [4.78, 5) is 24.7. The molecule has 4 nitrogen and oxygen atoms in total. The molecule has 1 saturated carbocycles. The molecule has 0 aromatic heterocycles. The largest absolute Gasteiger partial charge is 0.481 e. The van der Waals surface area contributed by atoms with Crippen molar-refractivity contribution in [3.63, 3.8) is 0 Å². The monoisotopic (exact) mass is 537 g/mol. The highest BCUT2D eigenvalue weighted by Gasteiger charge is 2.45. The number of carboxylic acids is 1. The normalized spacial score (nSPS) is 16.4. The number of fused-ring (bicyclic) bond motifs is 1. The number of aliphatic carboxylic acids is 1. The smallest absolute Gasteiger partial charge is 0.392 e. The lowest BCUT2D eigenvalue weighted by molar-refractivity contribution is -0.178. The third-order valence-electron chi connectivity index (χ3n) is 6.75. The Bertz CT molecular complexity index is 1310. The molecule has 0 saturated heterocycles. The summed E-state index contributed by atoms with van der Waals surface area (Å²) < 4.78 is 41.5. The van der Waals surface area contributed by atoms with Gasteiger partial charge in [0.1, 0.15) is 0 Å². The van der Waals surface area contributed by atoms with Crippen molar-refractivity contribution >= 4 is 51.5 Å². The highest BCUT2D eigenvalue weighted by Crippen LogP contribution is 2.46. The van der Waals surface area contributed by atoms with Gasteiger partial charge in [0.2, 0.25) is 5.91 Å². The van der Waals surface area contributed by atoms with Gasteiger partial charge in [-0.15, -0.1) is 0 Å². The third-order valence-corrected chi connectivity index (χ3v) is 7.31. The lowest BCUT2D eigenvalue weighted by Gasteiger charge is -2.26. The van der Waals surface area contributed by atoms with Gasteiger partial charge >= 0.3 is 12.1 Å². The van der Waals surface area contributed by atoms with Crippen molar-refractivity contribution in [3.8, 4) is 0 Å². The van der Waals surface area contributed by atoms with E-state index in [1.807, 2.05) is 0 Å². The van der Waals surface area contributed by atoms with E-state index in [0.29, 0.717) is 16.0 Å². The zero-order chi connectivity index (χ0) is 26.2. The number of carbonyl (C=O) groups excluding carboxylic acids is 1. The van der Waals surface area contributed by atoms with E-state index in [9.17, 15) is 27.9 Å². The molecule has 0 radical (unpaired) electrons. The van der Waals surface area contributed by atoms with E-state index in [1.54, 1.807) is 42.5 Å². The molecule has 3 aromatic carbocycles. The molecule has 3 aromatic rings. The highest BCUT2D eigenvalue weighted by atomic mass is 35.5. The van der Waals surface area contributed by atoms with E-state index in [1.165, 1.54) is 12.1 Å². The molecule has 3 unspecified atom stereocenters. The van der Waals surface area contributed by atoms with E-state index >= 15 is 0 Å². The lowest BCUT2D eigenvalue weighted by Crippen LogP contribution is -2.34. The van der Waals surface area contributed by atoms with Crippen LogP contribution in [0.15, 0.2) is 54.6 Å². The van der Waals surface area contributed by atoms with E-state index < -0.39 is 29.9 Å². The van der Waals surface area contributed by atoms with Crippen molar-refractivity contribution in [1.29, 1.82) is 0 Å². The number of halogens is 5. The molecule has 9 heteroatoms. The lowest BCUT2D eigenvalue weighted by atomic mass is 9.84. The van der Waals surface area contributed by atoms with Gasteiger partial charge < -0.3 is 10.4 Å². The molecule has 0 heterocycles. The molecule has 0 bridgehead atoms. The van der Waals surface area contributed by atoms with Gasteiger partial charge in [0.05, 0.1) is 29.0 Å². The van der Waals surface area contributed by atoms with Gasteiger partial charge in [-0.25, -0.2) is 0 Å². The predicted octanol–water partition coefficient (Wildman–Crippen LogP) is 8.04. The molecule has 1 aliphatic rings. The molecule has 1 aliphatic carbocycles. The first-order valence-corrected chi connectivity index (χ1v) is 12.3. The molecule has 1 fully saturated rings. The zero-order valence-corrected chi connectivity index (χ0v) is 20.8. The van der Waals surface area contributed by atoms with Crippen LogP contribution in [-0.2, 0) is 9.59 Å². The van der Waals surface area contributed by atoms with Gasteiger partial charge in [0.15, 0.2) is 0 Å². The van der Waals surface area contributed by atoms with Crippen LogP contribution in [0.5, 0.6) is 0 Å². The number of hydrogen-bond donors (Lipinski definition) is 2. The maximum absolute atomic E-state index is 13.8. The summed E-state index contributed by atoms with van der Waals surface area (Å²) in [5.41, 5.74) is 1.05. The molecular weight excluding hydrogens is 514 g/mol. The maximum Gasteiger partial charge on any atom is 0.392 e. The second-order valence-electron chi connectivity index (χ2n) is 9.33. The van der Waals surface area contributed by atoms with E-state index in [2.05, 4.69) is 5.32 Å². The fraction of sp³-hybridized carbons (Fsp3) is 0.333. The quantitative estimate of drug-likeness (QED) is 0.305. The Kier molecular flexibility index (Phi) is 7.53. The highest BCUT2D eigenvalue weighted by molar-refractivity contribution is 6.33. The summed E-state index contributed by atoms with van der Waals surface area (Å²) in [6.07, 6.45) is -2.89. The van der Waals surface area contributed by atoms with Gasteiger partial charge in [0.25, 0.3) is 0 Å². The van der Waals surface area contributed by atoms with Crippen molar-refractivity contribution in [2.24, 2.45) is 11.8 Å². The van der Waals surface area contributed by atoms with Crippen LogP contribution in [0.25, 0.3) is 10.8 Å². The summed E-state index contributed by atoms with van der Waals surface area (Å²) in [5.74, 6) is -5.35. The first-order valence-electron chi connectivity index (χ1n) is 11.5. The van der Waals surface area contributed by atoms with Crippen molar-refractivity contribution in [2.75, 3.05) is 5.32 Å². The first kappa shape index (κ1) is 26.3. The summed E-state index contributed by atoms with van der Waals surface area (Å²) in [6, 6.07) is 14.5. The SMILES string of the molecule is CC(C(C(=O)Nc1cc(C(CC(=O)O)C2CC2)ccc1Cl)c1ccc2cc(Cl)ccc2c1)C(F)(F)F. The van der Waals surface area contributed by atoms with Crippen LogP contribution in [-0.4, -0.2) is 23.2 Å². The van der Waals surface area contributed by atoms with E-state index in [4.69, 9.17) is 23.2 Å². The molecule has 0 spiro atoms.